The smallest absolute Gasteiger partial charge is 0.167 e. The summed E-state index contributed by atoms with van der Waals surface area (Å²) < 4.78 is 2.00. The van der Waals surface area contributed by atoms with Crippen LogP contribution in [0.4, 0.5) is 0 Å². The molecule has 1 fully saturated rings. The Labute approximate surface area is 109 Å². The van der Waals surface area contributed by atoms with Crippen molar-refractivity contribution in [2.45, 2.75) is 59.0 Å². The molecule has 1 saturated carbocycles. The first kappa shape index (κ1) is 13.5. The van der Waals surface area contributed by atoms with E-state index in [9.17, 15) is 0 Å². The van der Waals surface area contributed by atoms with Crippen LogP contribution in [0.25, 0.3) is 0 Å². The minimum Gasteiger partial charge on any atom is -0.308 e. The van der Waals surface area contributed by atoms with Crippen molar-refractivity contribution in [1.82, 2.24) is 25.5 Å². The summed E-state index contributed by atoms with van der Waals surface area (Å²) in [7, 11) is 0. The molecular formula is C13H25N5. The second-order valence-corrected chi connectivity index (χ2v) is 5.64. The normalized spacial score (nSPS) is 26.2. The molecule has 0 amide bonds. The largest absolute Gasteiger partial charge is 0.308 e. The van der Waals surface area contributed by atoms with Gasteiger partial charge in [0.1, 0.15) is 0 Å². The van der Waals surface area contributed by atoms with Crippen LogP contribution in [0.1, 0.15) is 58.3 Å². The van der Waals surface area contributed by atoms with Gasteiger partial charge in [-0.1, -0.05) is 26.7 Å². The molecular weight excluding hydrogens is 226 g/mol. The van der Waals surface area contributed by atoms with E-state index in [-0.39, 0.29) is 6.04 Å². The van der Waals surface area contributed by atoms with Crippen molar-refractivity contribution in [2.24, 2.45) is 11.8 Å². The van der Waals surface area contributed by atoms with Gasteiger partial charge in [-0.15, -0.1) is 5.10 Å². The molecule has 1 aromatic rings. The average Bonchev–Trinajstić information content (AvgIpc) is 2.77. The van der Waals surface area contributed by atoms with Crippen LogP contribution >= 0.6 is 0 Å². The predicted molar refractivity (Wildman–Crippen MR) is 71.0 cm³/mol. The minimum atomic E-state index is 0.228. The van der Waals surface area contributed by atoms with Crippen molar-refractivity contribution >= 4 is 0 Å². The van der Waals surface area contributed by atoms with Gasteiger partial charge in [-0.2, -0.15) is 0 Å². The van der Waals surface area contributed by atoms with Gasteiger partial charge in [-0.3, -0.25) is 0 Å². The average molecular weight is 251 g/mol. The first-order chi connectivity index (χ1) is 8.70. The Morgan fingerprint density at radius 2 is 2.28 bits per heavy atom. The number of nitrogens with one attached hydrogen (secondary N) is 1. The van der Waals surface area contributed by atoms with Crippen LogP contribution in [-0.4, -0.2) is 26.8 Å². The quantitative estimate of drug-likeness (QED) is 0.871. The van der Waals surface area contributed by atoms with Crippen LogP contribution in [0.5, 0.6) is 0 Å². The lowest BCUT2D eigenvalue weighted by molar-refractivity contribution is 0.244. The Hall–Kier alpha value is -0.970. The summed E-state index contributed by atoms with van der Waals surface area (Å²) >= 11 is 0. The molecule has 0 spiro atoms. The highest BCUT2D eigenvalue weighted by Gasteiger charge is 2.22. The van der Waals surface area contributed by atoms with Crippen LogP contribution in [0.2, 0.25) is 0 Å². The van der Waals surface area contributed by atoms with E-state index < -0.39 is 0 Å². The Bertz CT molecular complexity index is 362. The molecule has 1 aromatic heterocycles. The lowest BCUT2D eigenvalue weighted by Crippen LogP contribution is -2.25. The maximum Gasteiger partial charge on any atom is 0.167 e. The molecule has 0 radical (unpaired) electrons. The Morgan fingerprint density at radius 1 is 1.44 bits per heavy atom. The fourth-order valence-corrected chi connectivity index (χ4v) is 3.02. The molecule has 0 aromatic carbocycles. The topological polar surface area (TPSA) is 55.6 Å². The van der Waals surface area contributed by atoms with Gasteiger partial charge < -0.3 is 5.32 Å². The Morgan fingerprint density at radius 3 is 3.00 bits per heavy atom. The highest BCUT2D eigenvalue weighted by Crippen LogP contribution is 2.29. The monoisotopic (exact) mass is 251 g/mol. The predicted octanol–water partition coefficient (Wildman–Crippen LogP) is 2.17. The summed E-state index contributed by atoms with van der Waals surface area (Å²) in [5.41, 5.74) is 0. The molecule has 1 N–H and O–H groups in total. The van der Waals surface area contributed by atoms with Crippen molar-refractivity contribution in [1.29, 1.82) is 0 Å². The molecule has 18 heavy (non-hydrogen) atoms. The van der Waals surface area contributed by atoms with Gasteiger partial charge in [-0.25, -0.2) is 4.68 Å². The molecule has 0 aliphatic heterocycles. The molecule has 2 rings (SSSR count). The lowest BCUT2D eigenvalue weighted by atomic mass is 9.82. The van der Waals surface area contributed by atoms with E-state index in [1.165, 1.54) is 25.7 Å². The summed E-state index contributed by atoms with van der Waals surface area (Å²) in [4.78, 5) is 0. The Balaban J connectivity index is 1.98. The maximum absolute atomic E-state index is 4.16. The SMILES string of the molecule is CCNC(C)c1nnnn1CC1CCCC(C)C1. The van der Waals surface area contributed by atoms with Gasteiger partial charge in [0.05, 0.1) is 6.04 Å². The van der Waals surface area contributed by atoms with Gasteiger partial charge >= 0.3 is 0 Å². The third kappa shape index (κ3) is 3.28. The molecule has 3 atom stereocenters. The zero-order valence-corrected chi connectivity index (χ0v) is 11.8. The second kappa shape index (κ2) is 6.27. The molecule has 1 aliphatic rings. The number of rotatable bonds is 5. The summed E-state index contributed by atoms with van der Waals surface area (Å²) in [6.07, 6.45) is 5.37. The second-order valence-electron chi connectivity index (χ2n) is 5.64. The molecule has 5 nitrogen and oxygen atoms in total. The van der Waals surface area contributed by atoms with Crippen molar-refractivity contribution in [3.05, 3.63) is 5.82 Å². The van der Waals surface area contributed by atoms with Crippen molar-refractivity contribution in [3.8, 4) is 0 Å². The minimum absolute atomic E-state index is 0.228. The van der Waals surface area contributed by atoms with Crippen LogP contribution in [-0.2, 0) is 6.54 Å². The van der Waals surface area contributed by atoms with Crippen molar-refractivity contribution < 1.29 is 0 Å². The number of tetrazole rings is 1. The fraction of sp³-hybridized carbons (Fsp3) is 0.923. The van der Waals surface area contributed by atoms with E-state index in [0.717, 1.165) is 30.7 Å². The molecule has 5 heteroatoms. The van der Waals surface area contributed by atoms with E-state index >= 15 is 0 Å². The maximum atomic E-state index is 4.16. The fourth-order valence-electron chi connectivity index (χ4n) is 3.02. The first-order valence-corrected chi connectivity index (χ1v) is 7.20. The van der Waals surface area contributed by atoms with E-state index in [2.05, 4.69) is 41.6 Å². The number of aromatic nitrogens is 4. The van der Waals surface area contributed by atoms with Crippen molar-refractivity contribution in [2.75, 3.05) is 6.54 Å². The van der Waals surface area contributed by atoms with E-state index in [1.54, 1.807) is 0 Å². The molecule has 1 heterocycles. The third-order valence-corrected chi connectivity index (χ3v) is 3.93. The zero-order chi connectivity index (χ0) is 13.0. The molecule has 3 unspecified atom stereocenters. The highest BCUT2D eigenvalue weighted by atomic mass is 15.5. The Kier molecular flexibility index (Phi) is 4.69. The van der Waals surface area contributed by atoms with E-state index in [4.69, 9.17) is 0 Å². The van der Waals surface area contributed by atoms with Gasteiger partial charge in [0, 0.05) is 6.54 Å². The van der Waals surface area contributed by atoms with Gasteiger partial charge in [0.2, 0.25) is 0 Å². The lowest BCUT2D eigenvalue weighted by Gasteiger charge is -2.26. The molecule has 0 bridgehead atoms. The molecule has 102 valence electrons. The van der Waals surface area contributed by atoms with E-state index in [1.807, 2.05) is 4.68 Å². The van der Waals surface area contributed by atoms with Crippen LogP contribution in [0.15, 0.2) is 0 Å². The van der Waals surface area contributed by atoms with Gasteiger partial charge in [0.15, 0.2) is 5.82 Å². The molecule has 1 aliphatic carbocycles. The summed E-state index contributed by atoms with van der Waals surface area (Å²) in [5, 5.41) is 15.5. The third-order valence-electron chi connectivity index (χ3n) is 3.93. The number of nitrogens with zero attached hydrogens (tertiary/aromatic N) is 4. The van der Waals surface area contributed by atoms with Crippen LogP contribution in [0.3, 0.4) is 0 Å². The summed E-state index contributed by atoms with van der Waals surface area (Å²) in [6, 6.07) is 0.228. The standard InChI is InChI=1S/C13H25N5/c1-4-14-11(3)13-15-16-17-18(13)9-12-7-5-6-10(2)8-12/h10-12,14H,4-9H2,1-3H3. The molecule has 0 saturated heterocycles. The number of hydrogen-bond acceptors (Lipinski definition) is 4. The number of hydrogen-bond donors (Lipinski definition) is 1. The van der Waals surface area contributed by atoms with E-state index in [0.29, 0.717) is 0 Å². The van der Waals surface area contributed by atoms with Gasteiger partial charge in [-0.05, 0) is 48.6 Å². The first-order valence-electron chi connectivity index (χ1n) is 7.20. The van der Waals surface area contributed by atoms with Crippen molar-refractivity contribution in [3.63, 3.8) is 0 Å². The highest BCUT2D eigenvalue weighted by molar-refractivity contribution is 4.90. The van der Waals surface area contributed by atoms with Crippen LogP contribution < -0.4 is 5.32 Å². The summed E-state index contributed by atoms with van der Waals surface area (Å²) in [5.74, 6) is 2.56. The van der Waals surface area contributed by atoms with Crippen LogP contribution in [0, 0.1) is 11.8 Å². The van der Waals surface area contributed by atoms with Gasteiger partial charge in [0.25, 0.3) is 0 Å². The zero-order valence-electron chi connectivity index (χ0n) is 11.8. The summed E-state index contributed by atoms with van der Waals surface area (Å²) in [6.45, 7) is 8.49.